The molecular formula is C28H18F8O. The van der Waals surface area contributed by atoms with Gasteiger partial charge in [0.2, 0.25) is 0 Å². The van der Waals surface area contributed by atoms with Crippen LogP contribution >= 0.6 is 0 Å². The zero-order chi connectivity index (χ0) is 26.9. The predicted molar refractivity (Wildman–Crippen MR) is 122 cm³/mol. The Morgan fingerprint density at radius 1 is 0.622 bits per heavy atom. The van der Waals surface area contributed by atoms with Gasteiger partial charge in [-0.15, -0.1) is 0 Å². The van der Waals surface area contributed by atoms with E-state index in [2.05, 4.69) is 4.74 Å². The van der Waals surface area contributed by atoms with Crippen LogP contribution in [0.2, 0.25) is 0 Å². The first-order chi connectivity index (χ1) is 17.5. The van der Waals surface area contributed by atoms with E-state index in [0.29, 0.717) is 36.2 Å². The Hall–Kier alpha value is -3.88. The number of hydrogen-bond donors (Lipinski definition) is 0. The lowest BCUT2D eigenvalue weighted by atomic mass is 9.96. The highest BCUT2D eigenvalue weighted by Crippen LogP contribution is 2.37. The normalized spacial score (nSPS) is 11.6. The molecule has 4 rings (SSSR count). The van der Waals surface area contributed by atoms with Crippen molar-refractivity contribution in [2.45, 2.75) is 25.9 Å². The van der Waals surface area contributed by atoms with Crippen LogP contribution in [0.3, 0.4) is 0 Å². The van der Waals surface area contributed by atoms with Crippen LogP contribution in [0.25, 0.3) is 22.3 Å². The van der Waals surface area contributed by atoms with Crippen molar-refractivity contribution in [3.05, 3.63) is 113 Å². The molecule has 9 heteroatoms. The number of benzene rings is 4. The average molecular weight is 522 g/mol. The summed E-state index contributed by atoms with van der Waals surface area (Å²) in [5, 5.41) is 0. The van der Waals surface area contributed by atoms with Gasteiger partial charge in [-0.3, -0.25) is 0 Å². The fourth-order valence-corrected chi connectivity index (χ4v) is 3.86. The quantitative estimate of drug-likeness (QED) is 0.220. The molecule has 0 atom stereocenters. The van der Waals surface area contributed by atoms with Crippen LogP contribution in [-0.4, -0.2) is 0 Å². The molecule has 0 N–H and O–H groups in total. The molecule has 0 aliphatic carbocycles. The van der Waals surface area contributed by atoms with Gasteiger partial charge in [0, 0.05) is 22.8 Å². The monoisotopic (exact) mass is 522 g/mol. The smallest absolute Gasteiger partial charge is 0.429 e. The molecule has 0 amide bonds. The van der Waals surface area contributed by atoms with Crippen LogP contribution in [0.1, 0.15) is 24.5 Å². The fourth-order valence-electron chi connectivity index (χ4n) is 3.86. The first-order valence-corrected chi connectivity index (χ1v) is 11.1. The highest BCUT2D eigenvalue weighted by Gasteiger charge is 2.38. The highest BCUT2D eigenvalue weighted by molar-refractivity contribution is 5.72. The van der Waals surface area contributed by atoms with E-state index < -0.39 is 57.9 Å². The SMILES string of the molecule is CCCc1ccc(-c2ccc(-c3ccc(C(F)(F)Oc4ccc(F)c(F)c4)c(F)c3)c(F)c2F)c(F)c1. The predicted octanol–water partition coefficient (Wildman–Crippen LogP) is 8.94. The van der Waals surface area contributed by atoms with Crippen LogP contribution < -0.4 is 4.74 Å². The van der Waals surface area contributed by atoms with Crippen molar-refractivity contribution >= 4 is 0 Å². The van der Waals surface area contributed by atoms with E-state index in [1.807, 2.05) is 6.92 Å². The third kappa shape index (κ3) is 5.30. The minimum absolute atomic E-state index is 0.168. The Morgan fingerprint density at radius 2 is 1.30 bits per heavy atom. The van der Waals surface area contributed by atoms with Crippen LogP contribution in [0.4, 0.5) is 35.1 Å². The molecule has 0 spiro atoms. The largest absolute Gasteiger partial charge is 0.429 e. The van der Waals surface area contributed by atoms with Crippen molar-refractivity contribution in [2.75, 3.05) is 0 Å². The number of rotatable bonds is 7. The lowest BCUT2D eigenvalue weighted by molar-refractivity contribution is -0.187. The van der Waals surface area contributed by atoms with Gasteiger partial charge in [0.05, 0.1) is 5.56 Å². The molecule has 37 heavy (non-hydrogen) atoms. The third-order valence-corrected chi connectivity index (χ3v) is 5.68. The summed E-state index contributed by atoms with van der Waals surface area (Å²) in [5.74, 6) is -8.57. The minimum atomic E-state index is -4.30. The van der Waals surface area contributed by atoms with Gasteiger partial charge in [-0.2, -0.15) is 8.78 Å². The Morgan fingerprint density at radius 3 is 1.95 bits per heavy atom. The second-order valence-corrected chi connectivity index (χ2v) is 8.24. The van der Waals surface area contributed by atoms with Gasteiger partial charge in [-0.25, -0.2) is 26.3 Å². The van der Waals surface area contributed by atoms with E-state index in [9.17, 15) is 35.1 Å². The van der Waals surface area contributed by atoms with Crippen molar-refractivity contribution in [1.29, 1.82) is 0 Å². The zero-order valence-electron chi connectivity index (χ0n) is 19.2. The van der Waals surface area contributed by atoms with E-state index in [0.717, 1.165) is 30.7 Å². The van der Waals surface area contributed by atoms with E-state index in [4.69, 9.17) is 0 Å². The molecule has 0 saturated carbocycles. The molecule has 0 heterocycles. The summed E-state index contributed by atoms with van der Waals surface area (Å²) in [6, 6.07) is 10.1. The Bertz CT molecular complexity index is 1470. The lowest BCUT2D eigenvalue weighted by Gasteiger charge is -2.19. The van der Waals surface area contributed by atoms with Crippen LogP contribution in [0, 0.1) is 34.9 Å². The van der Waals surface area contributed by atoms with Gasteiger partial charge < -0.3 is 4.74 Å². The third-order valence-electron chi connectivity index (χ3n) is 5.68. The van der Waals surface area contributed by atoms with Crippen molar-refractivity contribution in [3.63, 3.8) is 0 Å². The molecule has 0 saturated heterocycles. The Balaban J connectivity index is 1.65. The molecule has 4 aromatic carbocycles. The number of aryl methyl sites for hydroxylation is 1. The van der Waals surface area contributed by atoms with Crippen molar-refractivity contribution in [3.8, 4) is 28.0 Å². The summed E-state index contributed by atoms with van der Waals surface area (Å²) in [4.78, 5) is 0. The molecule has 192 valence electrons. The minimum Gasteiger partial charge on any atom is -0.429 e. The summed E-state index contributed by atoms with van der Waals surface area (Å²) in [6.07, 6.45) is -2.92. The van der Waals surface area contributed by atoms with Gasteiger partial charge in [-0.1, -0.05) is 43.7 Å². The first-order valence-electron chi connectivity index (χ1n) is 11.1. The molecule has 0 radical (unpaired) electrons. The van der Waals surface area contributed by atoms with E-state index in [1.165, 1.54) is 12.1 Å². The zero-order valence-corrected chi connectivity index (χ0v) is 19.2. The summed E-state index contributed by atoms with van der Waals surface area (Å²) in [5.41, 5.74) is -1.82. The number of alkyl halides is 2. The van der Waals surface area contributed by atoms with Crippen molar-refractivity contribution in [2.24, 2.45) is 0 Å². The second-order valence-electron chi connectivity index (χ2n) is 8.24. The lowest BCUT2D eigenvalue weighted by Crippen LogP contribution is -2.23. The topological polar surface area (TPSA) is 9.23 Å². The summed E-state index contributed by atoms with van der Waals surface area (Å²) >= 11 is 0. The van der Waals surface area contributed by atoms with Gasteiger partial charge in [-0.05, 0) is 47.9 Å². The molecule has 0 aliphatic rings. The summed E-state index contributed by atoms with van der Waals surface area (Å²) in [6.45, 7) is 1.91. The fraction of sp³-hybridized carbons (Fsp3) is 0.143. The average Bonchev–Trinajstić information content (AvgIpc) is 2.83. The molecular weight excluding hydrogens is 504 g/mol. The second kappa shape index (κ2) is 10.2. The van der Waals surface area contributed by atoms with E-state index >= 15 is 0 Å². The Kier molecular flexibility index (Phi) is 7.25. The maximum atomic E-state index is 14.9. The van der Waals surface area contributed by atoms with Crippen LogP contribution in [0.15, 0.2) is 66.7 Å². The molecule has 4 aromatic rings. The molecule has 0 aliphatic heterocycles. The van der Waals surface area contributed by atoms with Gasteiger partial charge in [0.15, 0.2) is 23.3 Å². The molecule has 0 aromatic heterocycles. The maximum absolute atomic E-state index is 14.9. The Labute approximate surface area is 207 Å². The number of halogens is 8. The number of hydrogen-bond acceptors (Lipinski definition) is 1. The van der Waals surface area contributed by atoms with Gasteiger partial charge >= 0.3 is 6.11 Å². The van der Waals surface area contributed by atoms with Crippen molar-refractivity contribution < 1.29 is 39.9 Å². The molecule has 0 fully saturated rings. The molecule has 1 nitrogen and oxygen atoms in total. The van der Waals surface area contributed by atoms with E-state index in [1.54, 1.807) is 6.07 Å². The first kappa shape index (κ1) is 26.2. The summed E-state index contributed by atoms with van der Waals surface area (Å²) < 4.78 is 119. The highest BCUT2D eigenvalue weighted by atomic mass is 19.3. The van der Waals surface area contributed by atoms with Crippen molar-refractivity contribution in [1.82, 2.24) is 0 Å². The molecule has 0 unspecified atom stereocenters. The number of ether oxygens (including phenoxy) is 1. The molecule has 0 bridgehead atoms. The van der Waals surface area contributed by atoms with Gasteiger partial charge in [0.25, 0.3) is 0 Å². The van der Waals surface area contributed by atoms with Gasteiger partial charge in [0.1, 0.15) is 17.4 Å². The summed E-state index contributed by atoms with van der Waals surface area (Å²) in [7, 11) is 0. The van der Waals surface area contributed by atoms with Crippen LogP contribution in [-0.2, 0) is 12.5 Å². The van der Waals surface area contributed by atoms with E-state index in [-0.39, 0.29) is 16.7 Å². The van der Waals surface area contributed by atoms with Crippen LogP contribution in [0.5, 0.6) is 5.75 Å². The maximum Gasteiger partial charge on any atom is 0.429 e. The standard InChI is InChI=1S/C28H18F8O/c1-2-3-15-4-7-19(23(30)12-15)20-9-8-18(26(33)27(20)34)16-5-10-21(24(31)13-16)28(35,36)37-17-6-11-22(29)25(32)14-17/h4-14H,2-3H2,1H3.